The van der Waals surface area contributed by atoms with Crippen molar-refractivity contribution in [2.75, 3.05) is 22.6 Å². The van der Waals surface area contributed by atoms with Crippen LogP contribution in [0.25, 0.3) is 0 Å². The molecule has 1 aromatic heterocycles. The molecule has 0 saturated carbocycles. The number of pyridine rings is 1. The Hall–Kier alpha value is -4.12. The van der Waals surface area contributed by atoms with Crippen molar-refractivity contribution >= 4 is 28.6 Å². The Morgan fingerprint density at radius 2 is 1.90 bits per heavy atom. The number of nitrogens with zero attached hydrogens (tertiary/aromatic N) is 5. The van der Waals surface area contributed by atoms with Gasteiger partial charge in [-0.25, -0.2) is 9.99 Å². The summed E-state index contributed by atoms with van der Waals surface area (Å²) in [6.07, 6.45) is 1.70. The number of nitroso groups, excluding NO2 is 1. The molecular formula is C23H22N6O2. The van der Waals surface area contributed by atoms with Crippen LogP contribution in [0, 0.1) is 23.2 Å². The second-order valence-corrected chi connectivity index (χ2v) is 7.83. The number of hydrogen-bond donors (Lipinski definition) is 1. The molecule has 8 nitrogen and oxygen atoms in total. The zero-order chi connectivity index (χ0) is 22.2. The third-order valence-corrected chi connectivity index (χ3v) is 5.33. The summed E-state index contributed by atoms with van der Waals surface area (Å²) < 4.78 is 5.24. The molecule has 0 bridgehead atoms. The normalized spacial score (nSPS) is 11.9. The van der Waals surface area contributed by atoms with E-state index in [2.05, 4.69) is 21.7 Å². The highest BCUT2D eigenvalue weighted by molar-refractivity contribution is 5.96. The van der Waals surface area contributed by atoms with Gasteiger partial charge in [0.05, 0.1) is 41.5 Å². The van der Waals surface area contributed by atoms with Crippen LogP contribution >= 0.6 is 0 Å². The molecule has 1 aliphatic heterocycles. The van der Waals surface area contributed by atoms with Gasteiger partial charge in [-0.3, -0.25) is 0 Å². The van der Waals surface area contributed by atoms with Crippen molar-refractivity contribution in [3.63, 3.8) is 0 Å². The fourth-order valence-electron chi connectivity index (χ4n) is 3.32. The third-order valence-electron chi connectivity index (χ3n) is 5.33. The number of anilines is 5. The van der Waals surface area contributed by atoms with E-state index in [0.717, 1.165) is 33.9 Å². The highest BCUT2D eigenvalue weighted by Gasteiger charge is 2.37. The first-order chi connectivity index (χ1) is 14.9. The largest absolute Gasteiger partial charge is 0.497 e. The minimum absolute atomic E-state index is 0.601. The molecule has 0 unspecified atom stereocenters. The summed E-state index contributed by atoms with van der Waals surface area (Å²) in [6, 6.07) is 17.1. The molecule has 0 saturated heterocycles. The number of nitriles is 1. The van der Waals surface area contributed by atoms with Crippen LogP contribution in [0.4, 0.5) is 28.6 Å². The SMILES string of the molecule is COc1ccc(Nc2cc3c(cn2)N3N(N=O)c2ccc(C(C)(C)C#N)cc2)c(C)c1. The molecule has 0 atom stereocenters. The van der Waals surface area contributed by atoms with Gasteiger partial charge in [-0.2, -0.15) is 5.26 Å². The molecule has 1 N–H and O–H groups in total. The number of aromatic nitrogens is 1. The Morgan fingerprint density at radius 1 is 1.16 bits per heavy atom. The van der Waals surface area contributed by atoms with Crippen LogP contribution in [0.15, 0.2) is 60.0 Å². The highest BCUT2D eigenvalue weighted by atomic mass is 16.5. The summed E-state index contributed by atoms with van der Waals surface area (Å²) in [7, 11) is 1.64. The van der Waals surface area contributed by atoms with E-state index in [9.17, 15) is 10.2 Å². The van der Waals surface area contributed by atoms with Gasteiger partial charge < -0.3 is 10.1 Å². The maximum Gasteiger partial charge on any atom is 0.132 e. The number of rotatable bonds is 7. The van der Waals surface area contributed by atoms with Gasteiger partial charge in [-0.1, -0.05) is 12.1 Å². The Labute approximate surface area is 180 Å². The van der Waals surface area contributed by atoms with Crippen LogP contribution in [0.5, 0.6) is 5.75 Å². The number of hydrazine groups is 1. The first-order valence-corrected chi connectivity index (χ1v) is 9.75. The lowest BCUT2D eigenvalue weighted by Crippen LogP contribution is -2.25. The molecule has 3 aromatic rings. The van der Waals surface area contributed by atoms with E-state index in [-0.39, 0.29) is 0 Å². The molecule has 0 spiro atoms. The van der Waals surface area contributed by atoms with Crippen molar-refractivity contribution in [2.45, 2.75) is 26.2 Å². The topological polar surface area (TPSA) is 93.6 Å². The van der Waals surface area contributed by atoms with Crippen LogP contribution in [-0.2, 0) is 5.41 Å². The van der Waals surface area contributed by atoms with Crippen molar-refractivity contribution in [3.05, 3.63) is 70.8 Å². The molecule has 31 heavy (non-hydrogen) atoms. The fraction of sp³-hybridized carbons (Fsp3) is 0.217. The number of methoxy groups -OCH3 is 1. The Kier molecular flexibility index (Phi) is 4.95. The van der Waals surface area contributed by atoms with Crippen molar-refractivity contribution in [1.29, 1.82) is 5.26 Å². The first-order valence-electron chi connectivity index (χ1n) is 9.75. The standard InChI is InChI=1S/C23H22N6O2/c1-15-11-18(31-4)9-10-19(15)26-22-12-20-21(13-25-22)28(20)29(27-30)17-7-5-16(6-8-17)23(2,3)14-24/h5-13H,1-4H3,(H,25,26). The molecule has 0 radical (unpaired) electrons. The van der Waals surface area contributed by atoms with Gasteiger partial charge in [0, 0.05) is 11.8 Å². The summed E-state index contributed by atoms with van der Waals surface area (Å²) in [4.78, 5) is 16.0. The fourth-order valence-corrected chi connectivity index (χ4v) is 3.32. The zero-order valence-electron chi connectivity index (χ0n) is 17.7. The number of hydrogen-bond acceptors (Lipinski definition) is 7. The zero-order valence-corrected chi connectivity index (χ0v) is 17.7. The maximum absolute atomic E-state index is 11.6. The number of aryl methyl sites for hydroxylation is 1. The number of nitrogens with one attached hydrogen (secondary N) is 1. The molecule has 4 rings (SSSR count). The lowest BCUT2D eigenvalue weighted by molar-refractivity contribution is 0.414. The molecule has 2 heterocycles. The van der Waals surface area contributed by atoms with E-state index in [4.69, 9.17) is 4.74 Å². The Bertz CT molecular complexity index is 1180. The minimum atomic E-state index is -0.606. The average Bonchev–Trinajstić information content (AvgIpc) is 3.49. The predicted octanol–water partition coefficient (Wildman–Crippen LogP) is 5.50. The molecule has 1 aliphatic rings. The van der Waals surface area contributed by atoms with Crippen LogP contribution in [-0.4, -0.2) is 12.1 Å². The van der Waals surface area contributed by atoms with Crippen molar-refractivity contribution < 1.29 is 4.74 Å². The Morgan fingerprint density at radius 3 is 2.52 bits per heavy atom. The van der Waals surface area contributed by atoms with Gasteiger partial charge in [0.2, 0.25) is 0 Å². The molecular weight excluding hydrogens is 392 g/mol. The van der Waals surface area contributed by atoms with Gasteiger partial charge in [-0.05, 0) is 62.2 Å². The average molecular weight is 414 g/mol. The van der Waals surface area contributed by atoms with Gasteiger partial charge in [-0.15, -0.1) is 10.0 Å². The van der Waals surface area contributed by atoms with Crippen LogP contribution < -0.4 is 20.2 Å². The van der Waals surface area contributed by atoms with Crippen LogP contribution in [0.2, 0.25) is 0 Å². The quantitative estimate of drug-likeness (QED) is 0.310. The van der Waals surface area contributed by atoms with E-state index in [1.165, 1.54) is 5.12 Å². The summed E-state index contributed by atoms with van der Waals surface area (Å²) in [5.74, 6) is 1.45. The summed E-state index contributed by atoms with van der Waals surface area (Å²) in [6.45, 7) is 5.69. The van der Waals surface area contributed by atoms with Crippen molar-refractivity contribution in [1.82, 2.24) is 4.98 Å². The van der Waals surface area contributed by atoms with Gasteiger partial charge in [0.25, 0.3) is 0 Å². The highest BCUT2D eigenvalue weighted by Crippen LogP contribution is 2.51. The molecule has 2 aromatic carbocycles. The molecule has 8 heteroatoms. The minimum Gasteiger partial charge on any atom is -0.497 e. The Balaban J connectivity index is 1.53. The molecule has 0 amide bonds. The second-order valence-electron chi connectivity index (χ2n) is 7.83. The molecule has 0 aliphatic carbocycles. The third kappa shape index (κ3) is 3.73. The van der Waals surface area contributed by atoms with Crippen molar-refractivity contribution in [2.24, 2.45) is 5.29 Å². The van der Waals surface area contributed by atoms with Crippen molar-refractivity contribution in [3.8, 4) is 11.8 Å². The predicted molar refractivity (Wildman–Crippen MR) is 121 cm³/mol. The summed E-state index contributed by atoms with van der Waals surface area (Å²) >= 11 is 0. The number of benzene rings is 2. The van der Waals surface area contributed by atoms with Gasteiger partial charge >= 0.3 is 0 Å². The van der Waals surface area contributed by atoms with E-state index in [1.54, 1.807) is 30.4 Å². The lowest BCUT2D eigenvalue weighted by Gasteiger charge is -2.19. The maximum atomic E-state index is 11.6. The molecule has 0 fully saturated rings. The smallest absolute Gasteiger partial charge is 0.132 e. The van der Waals surface area contributed by atoms with Gasteiger partial charge in [0.15, 0.2) is 0 Å². The number of fused-ring (bicyclic) bond motifs is 1. The summed E-state index contributed by atoms with van der Waals surface area (Å²) in [5.41, 5.74) is 4.45. The van der Waals surface area contributed by atoms with E-state index < -0.39 is 5.41 Å². The first kappa shape index (κ1) is 20.2. The van der Waals surface area contributed by atoms with E-state index in [1.807, 2.05) is 57.2 Å². The lowest BCUT2D eigenvalue weighted by atomic mass is 9.86. The van der Waals surface area contributed by atoms with E-state index >= 15 is 0 Å². The second kappa shape index (κ2) is 7.61. The number of ether oxygens (including phenoxy) is 1. The van der Waals surface area contributed by atoms with Crippen LogP contribution in [0.3, 0.4) is 0 Å². The van der Waals surface area contributed by atoms with E-state index in [0.29, 0.717) is 11.5 Å². The monoisotopic (exact) mass is 414 g/mol. The molecule has 156 valence electrons. The summed E-state index contributed by atoms with van der Waals surface area (Å²) in [5, 5.41) is 18.7. The van der Waals surface area contributed by atoms with Gasteiger partial charge in [0.1, 0.15) is 17.3 Å². The van der Waals surface area contributed by atoms with Crippen LogP contribution in [0.1, 0.15) is 25.0 Å².